The van der Waals surface area contributed by atoms with Gasteiger partial charge in [0.2, 0.25) is 0 Å². The number of fused-ring (bicyclic) bond motifs is 2. The Labute approximate surface area is 110 Å². The SMILES string of the molecule is C[C@H]1CCN(C[C@H]2C[C@H]3C=C[C@H]2C3)CCS1(=O)=O. The monoisotopic (exact) mass is 269 g/mol. The van der Waals surface area contributed by atoms with E-state index in [0.29, 0.717) is 5.75 Å². The van der Waals surface area contributed by atoms with Gasteiger partial charge in [0.25, 0.3) is 0 Å². The maximum absolute atomic E-state index is 11.9. The highest BCUT2D eigenvalue weighted by atomic mass is 32.2. The van der Waals surface area contributed by atoms with Crippen molar-refractivity contribution in [3.05, 3.63) is 12.2 Å². The molecule has 2 aliphatic carbocycles. The molecule has 0 spiro atoms. The number of hydrogen-bond donors (Lipinski definition) is 0. The third kappa shape index (κ3) is 2.37. The Morgan fingerprint density at radius 3 is 2.72 bits per heavy atom. The highest BCUT2D eigenvalue weighted by molar-refractivity contribution is 7.92. The second-order valence-corrected chi connectivity index (χ2v) is 8.85. The molecular formula is C14H23NO2S. The molecule has 1 heterocycles. The summed E-state index contributed by atoms with van der Waals surface area (Å²) < 4.78 is 23.7. The lowest BCUT2D eigenvalue weighted by atomic mass is 9.93. The van der Waals surface area contributed by atoms with Crippen molar-refractivity contribution in [3.63, 3.8) is 0 Å². The molecule has 0 N–H and O–H groups in total. The maximum Gasteiger partial charge on any atom is 0.154 e. The molecule has 2 bridgehead atoms. The molecule has 1 saturated carbocycles. The first-order valence-electron chi connectivity index (χ1n) is 7.17. The third-order valence-corrected chi connectivity index (χ3v) is 7.28. The molecule has 4 atom stereocenters. The van der Waals surface area contributed by atoms with Crippen molar-refractivity contribution in [1.82, 2.24) is 4.90 Å². The van der Waals surface area contributed by atoms with E-state index in [2.05, 4.69) is 17.1 Å². The second-order valence-electron chi connectivity index (χ2n) is 6.31. The minimum atomic E-state index is -2.83. The van der Waals surface area contributed by atoms with Crippen LogP contribution < -0.4 is 0 Å². The molecule has 18 heavy (non-hydrogen) atoms. The van der Waals surface area contributed by atoms with E-state index in [1.807, 2.05) is 6.92 Å². The zero-order valence-corrected chi connectivity index (χ0v) is 11.9. The average molecular weight is 269 g/mol. The van der Waals surface area contributed by atoms with Crippen LogP contribution in [0.3, 0.4) is 0 Å². The number of rotatable bonds is 2. The van der Waals surface area contributed by atoms with Gasteiger partial charge in [0, 0.05) is 13.1 Å². The lowest BCUT2D eigenvalue weighted by Crippen LogP contribution is -2.33. The first-order valence-corrected chi connectivity index (χ1v) is 8.88. The van der Waals surface area contributed by atoms with E-state index < -0.39 is 9.84 Å². The first-order chi connectivity index (χ1) is 8.54. The molecule has 0 amide bonds. The average Bonchev–Trinajstić information content (AvgIpc) is 2.91. The van der Waals surface area contributed by atoms with Crippen molar-refractivity contribution < 1.29 is 8.42 Å². The van der Waals surface area contributed by atoms with Crippen LogP contribution in [-0.2, 0) is 9.84 Å². The van der Waals surface area contributed by atoms with Crippen molar-refractivity contribution in [1.29, 1.82) is 0 Å². The molecule has 2 fully saturated rings. The quantitative estimate of drug-likeness (QED) is 0.716. The molecule has 0 aromatic rings. The van der Waals surface area contributed by atoms with Crippen LogP contribution in [-0.4, -0.2) is 44.0 Å². The van der Waals surface area contributed by atoms with Crippen LogP contribution in [0.15, 0.2) is 12.2 Å². The topological polar surface area (TPSA) is 37.4 Å². The molecular weight excluding hydrogens is 246 g/mol. The number of hydrogen-bond acceptors (Lipinski definition) is 3. The van der Waals surface area contributed by atoms with E-state index in [9.17, 15) is 8.42 Å². The van der Waals surface area contributed by atoms with Crippen LogP contribution >= 0.6 is 0 Å². The number of sulfone groups is 1. The normalized spacial score (nSPS) is 43.2. The summed E-state index contributed by atoms with van der Waals surface area (Å²) in [6.07, 6.45) is 8.22. The summed E-state index contributed by atoms with van der Waals surface area (Å²) in [5.74, 6) is 2.71. The van der Waals surface area contributed by atoms with Gasteiger partial charge in [-0.2, -0.15) is 0 Å². The molecule has 3 aliphatic rings. The smallest absolute Gasteiger partial charge is 0.154 e. The minimum Gasteiger partial charge on any atom is -0.302 e. The van der Waals surface area contributed by atoms with Crippen LogP contribution in [0.4, 0.5) is 0 Å². The molecule has 0 unspecified atom stereocenters. The summed E-state index contributed by atoms with van der Waals surface area (Å²) in [7, 11) is -2.83. The molecule has 0 aromatic heterocycles. The Balaban J connectivity index is 1.59. The van der Waals surface area contributed by atoms with E-state index in [-0.39, 0.29) is 5.25 Å². The van der Waals surface area contributed by atoms with Crippen molar-refractivity contribution in [2.75, 3.05) is 25.4 Å². The summed E-state index contributed by atoms with van der Waals surface area (Å²) in [5, 5.41) is -0.151. The Hall–Kier alpha value is -0.350. The van der Waals surface area contributed by atoms with E-state index >= 15 is 0 Å². The minimum absolute atomic E-state index is 0.151. The summed E-state index contributed by atoms with van der Waals surface area (Å²) in [4.78, 5) is 2.39. The van der Waals surface area contributed by atoms with Gasteiger partial charge in [-0.1, -0.05) is 12.2 Å². The van der Waals surface area contributed by atoms with Crippen LogP contribution in [0.25, 0.3) is 0 Å². The van der Waals surface area contributed by atoms with Gasteiger partial charge < -0.3 is 4.90 Å². The highest BCUT2D eigenvalue weighted by Crippen LogP contribution is 2.43. The second kappa shape index (κ2) is 4.64. The third-order valence-electron chi connectivity index (χ3n) is 5.07. The fourth-order valence-corrected chi connectivity index (χ4v) is 5.11. The van der Waals surface area contributed by atoms with Crippen molar-refractivity contribution >= 4 is 9.84 Å². The zero-order chi connectivity index (χ0) is 12.8. The molecule has 1 aliphatic heterocycles. The van der Waals surface area contributed by atoms with Gasteiger partial charge in [0.15, 0.2) is 9.84 Å². The number of allylic oxidation sites excluding steroid dienone is 2. The van der Waals surface area contributed by atoms with Crippen LogP contribution in [0.5, 0.6) is 0 Å². The Kier molecular flexibility index (Phi) is 3.27. The van der Waals surface area contributed by atoms with Crippen molar-refractivity contribution in [2.24, 2.45) is 17.8 Å². The standard InChI is InChI=1S/C14H23NO2S/c1-11-4-5-15(6-7-18(11,16)17)10-14-9-12-2-3-13(14)8-12/h2-3,11-14H,4-10H2,1H3/t11-,12-,13-,14+/m0/s1. The molecule has 0 radical (unpaired) electrons. The van der Waals surface area contributed by atoms with Gasteiger partial charge in [-0.05, 0) is 50.5 Å². The van der Waals surface area contributed by atoms with Gasteiger partial charge in [0.1, 0.15) is 0 Å². The Bertz CT molecular complexity index is 443. The van der Waals surface area contributed by atoms with Crippen molar-refractivity contribution in [2.45, 2.75) is 31.4 Å². The van der Waals surface area contributed by atoms with Gasteiger partial charge in [-0.3, -0.25) is 0 Å². The number of nitrogens with zero attached hydrogens (tertiary/aromatic N) is 1. The summed E-state index contributed by atoms with van der Waals surface area (Å²) in [5.41, 5.74) is 0. The summed E-state index contributed by atoms with van der Waals surface area (Å²) in [6, 6.07) is 0. The van der Waals surface area contributed by atoms with E-state index in [4.69, 9.17) is 0 Å². The molecule has 0 aromatic carbocycles. The molecule has 3 rings (SSSR count). The molecule has 102 valence electrons. The first kappa shape index (κ1) is 12.7. The Morgan fingerprint density at radius 2 is 2.06 bits per heavy atom. The lowest BCUT2D eigenvalue weighted by molar-refractivity contribution is 0.226. The predicted octanol–water partition coefficient (Wildman–Crippen LogP) is 1.71. The van der Waals surface area contributed by atoms with E-state index in [1.54, 1.807) is 0 Å². The summed E-state index contributed by atoms with van der Waals surface area (Å²) >= 11 is 0. The van der Waals surface area contributed by atoms with Gasteiger partial charge in [0.05, 0.1) is 11.0 Å². The molecule has 3 nitrogen and oxygen atoms in total. The van der Waals surface area contributed by atoms with Crippen LogP contribution in [0, 0.1) is 17.8 Å². The summed E-state index contributed by atoms with van der Waals surface area (Å²) in [6.45, 7) is 4.66. The van der Waals surface area contributed by atoms with Gasteiger partial charge >= 0.3 is 0 Å². The molecule has 1 saturated heterocycles. The fourth-order valence-electron chi connectivity index (χ4n) is 3.73. The predicted molar refractivity (Wildman–Crippen MR) is 73.1 cm³/mol. The lowest BCUT2D eigenvalue weighted by Gasteiger charge is -2.26. The largest absolute Gasteiger partial charge is 0.302 e. The van der Waals surface area contributed by atoms with Crippen LogP contribution in [0.2, 0.25) is 0 Å². The zero-order valence-electron chi connectivity index (χ0n) is 11.1. The fraction of sp³-hybridized carbons (Fsp3) is 0.857. The van der Waals surface area contributed by atoms with E-state index in [1.165, 1.54) is 12.8 Å². The highest BCUT2D eigenvalue weighted by Gasteiger charge is 2.37. The maximum atomic E-state index is 11.9. The van der Waals surface area contributed by atoms with Gasteiger partial charge in [-0.25, -0.2) is 8.42 Å². The Morgan fingerprint density at radius 1 is 1.22 bits per heavy atom. The van der Waals surface area contributed by atoms with Gasteiger partial charge in [-0.15, -0.1) is 0 Å². The van der Waals surface area contributed by atoms with E-state index in [0.717, 1.165) is 43.8 Å². The van der Waals surface area contributed by atoms with Crippen LogP contribution in [0.1, 0.15) is 26.2 Å². The molecule has 4 heteroatoms. The van der Waals surface area contributed by atoms with Crippen molar-refractivity contribution in [3.8, 4) is 0 Å².